The number of likely N-dealkylation sites (tertiary alicyclic amines) is 1. The van der Waals surface area contributed by atoms with E-state index in [9.17, 15) is 4.79 Å². The summed E-state index contributed by atoms with van der Waals surface area (Å²) in [6, 6.07) is 10.1. The Morgan fingerprint density at radius 2 is 2.13 bits per heavy atom. The Bertz CT molecular complexity index is 533. The van der Waals surface area contributed by atoms with Crippen molar-refractivity contribution in [1.29, 1.82) is 5.26 Å². The third-order valence-corrected chi connectivity index (χ3v) is 3.90. The summed E-state index contributed by atoms with van der Waals surface area (Å²) in [5.74, 6) is 0.652. The molecule has 1 saturated heterocycles. The Morgan fingerprint density at radius 1 is 1.30 bits per heavy atom. The lowest BCUT2D eigenvalue weighted by molar-refractivity contribution is -0.120. The number of piperidine rings is 1. The molecule has 2 rings (SSSR count). The van der Waals surface area contributed by atoms with Crippen LogP contribution >= 0.6 is 0 Å². The summed E-state index contributed by atoms with van der Waals surface area (Å²) in [5, 5.41) is 11.1. The van der Waals surface area contributed by atoms with Crippen LogP contribution in [-0.4, -0.2) is 37.0 Å². The third kappa shape index (κ3) is 6.70. The van der Waals surface area contributed by atoms with Crippen LogP contribution in [0.2, 0.25) is 0 Å². The molecule has 1 aromatic rings. The SMILES string of the molecule is N#CCC(=O)NCCCOc1cccc(CN2CCCCC2)c1. The number of hydrogen-bond donors (Lipinski definition) is 1. The zero-order chi connectivity index (χ0) is 16.3. The number of nitriles is 1. The second kappa shape index (κ2) is 9.86. The maximum absolute atomic E-state index is 11.1. The van der Waals surface area contributed by atoms with E-state index in [2.05, 4.69) is 22.3 Å². The Balaban J connectivity index is 1.68. The van der Waals surface area contributed by atoms with Gasteiger partial charge in [-0.15, -0.1) is 0 Å². The number of carbonyl (C=O) groups excluding carboxylic acids is 1. The molecule has 0 saturated carbocycles. The molecule has 1 N–H and O–H groups in total. The first-order valence-electron chi connectivity index (χ1n) is 8.35. The van der Waals surface area contributed by atoms with Crippen molar-refractivity contribution < 1.29 is 9.53 Å². The Kier molecular flexibility index (Phi) is 7.41. The molecule has 0 unspecified atom stereocenters. The summed E-state index contributed by atoms with van der Waals surface area (Å²) in [5.41, 5.74) is 1.28. The molecular weight excluding hydrogens is 290 g/mol. The lowest BCUT2D eigenvalue weighted by Gasteiger charge is -2.26. The van der Waals surface area contributed by atoms with Crippen molar-refractivity contribution in [3.8, 4) is 11.8 Å². The van der Waals surface area contributed by atoms with Crippen molar-refractivity contribution in [2.24, 2.45) is 0 Å². The van der Waals surface area contributed by atoms with Gasteiger partial charge in [0.25, 0.3) is 0 Å². The smallest absolute Gasteiger partial charge is 0.234 e. The largest absolute Gasteiger partial charge is 0.494 e. The Morgan fingerprint density at radius 3 is 2.91 bits per heavy atom. The van der Waals surface area contributed by atoms with E-state index in [1.807, 2.05) is 18.2 Å². The van der Waals surface area contributed by atoms with E-state index in [4.69, 9.17) is 10.00 Å². The van der Waals surface area contributed by atoms with Crippen molar-refractivity contribution >= 4 is 5.91 Å². The molecule has 5 heteroatoms. The fourth-order valence-electron chi connectivity index (χ4n) is 2.73. The van der Waals surface area contributed by atoms with Crippen LogP contribution in [0.1, 0.15) is 37.7 Å². The van der Waals surface area contributed by atoms with Gasteiger partial charge in [-0.2, -0.15) is 5.26 Å². The molecule has 0 bridgehead atoms. The van der Waals surface area contributed by atoms with Gasteiger partial charge >= 0.3 is 0 Å². The van der Waals surface area contributed by atoms with Gasteiger partial charge in [-0.05, 0) is 50.0 Å². The number of carbonyl (C=O) groups is 1. The standard InChI is InChI=1S/C18H25N3O2/c19-9-8-18(22)20-10-5-13-23-17-7-4-6-16(14-17)15-21-11-2-1-3-12-21/h4,6-7,14H,1-3,5,8,10-13,15H2,(H,20,22). The van der Waals surface area contributed by atoms with Crippen molar-refractivity contribution in [3.05, 3.63) is 29.8 Å². The summed E-state index contributed by atoms with van der Waals surface area (Å²) >= 11 is 0. The van der Waals surface area contributed by atoms with E-state index in [1.54, 1.807) is 0 Å². The molecule has 1 aromatic carbocycles. The van der Waals surface area contributed by atoms with Gasteiger partial charge in [0.05, 0.1) is 12.7 Å². The number of amides is 1. The highest BCUT2D eigenvalue weighted by atomic mass is 16.5. The minimum atomic E-state index is -0.226. The van der Waals surface area contributed by atoms with Crippen LogP contribution in [0.25, 0.3) is 0 Å². The molecule has 23 heavy (non-hydrogen) atoms. The Labute approximate surface area is 138 Å². The van der Waals surface area contributed by atoms with E-state index in [0.29, 0.717) is 13.2 Å². The molecule has 5 nitrogen and oxygen atoms in total. The van der Waals surface area contributed by atoms with Crippen LogP contribution in [-0.2, 0) is 11.3 Å². The van der Waals surface area contributed by atoms with Crippen LogP contribution in [0, 0.1) is 11.3 Å². The minimum Gasteiger partial charge on any atom is -0.494 e. The molecule has 1 aliphatic heterocycles. The molecule has 1 aliphatic rings. The van der Waals surface area contributed by atoms with Gasteiger partial charge in [-0.1, -0.05) is 18.6 Å². The van der Waals surface area contributed by atoms with Gasteiger partial charge in [0.2, 0.25) is 5.91 Å². The summed E-state index contributed by atoms with van der Waals surface area (Å²) in [4.78, 5) is 13.6. The predicted octanol–water partition coefficient (Wildman–Crippen LogP) is 2.47. The second-order valence-electron chi connectivity index (χ2n) is 5.87. The molecule has 0 aliphatic carbocycles. The maximum Gasteiger partial charge on any atom is 0.234 e. The van der Waals surface area contributed by atoms with Gasteiger partial charge in [-0.3, -0.25) is 9.69 Å². The summed E-state index contributed by atoms with van der Waals surface area (Å²) in [6.45, 7) is 4.45. The first kappa shape index (κ1) is 17.3. The number of hydrogen-bond acceptors (Lipinski definition) is 4. The highest BCUT2D eigenvalue weighted by Gasteiger charge is 2.10. The van der Waals surface area contributed by atoms with Gasteiger partial charge in [0, 0.05) is 13.1 Å². The highest BCUT2D eigenvalue weighted by molar-refractivity contribution is 5.77. The number of nitrogens with one attached hydrogen (secondary N) is 1. The van der Waals surface area contributed by atoms with Crippen molar-refractivity contribution in [1.82, 2.24) is 10.2 Å². The van der Waals surface area contributed by atoms with E-state index in [-0.39, 0.29) is 12.3 Å². The molecule has 1 heterocycles. The summed E-state index contributed by atoms with van der Waals surface area (Å²) in [6.07, 6.45) is 4.60. The molecule has 0 atom stereocenters. The summed E-state index contributed by atoms with van der Waals surface area (Å²) in [7, 11) is 0. The lowest BCUT2D eigenvalue weighted by atomic mass is 10.1. The number of benzene rings is 1. The predicted molar refractivity (Wildman–Crippen MR) is 88.9 cm³/mol. The van der Waals surface area contributed by atoms with Gasteiger partial charge < -0.3 is 10.1 Å². The quantitative estimate of drug-likeness (QED) is 0.749. The van der Waals surface area contributed by atoms with E-state index in [1.165, 1.54) is 37.9 Å². The van der Waals surface area contributed by atoms with Crippen LogP contribution in [0.3, 0.4) is 0 Å². The molecule has 124 valence electrons. The molecule has 1 amide bonds. The van der Waals surface area contributed by atoms with Crippen LogP contribution < -0.4 is 10.1 Å². The zero-order valence-electron chi connectivity index (χ0n) is 13.6. The normalized spacial score (nSPS) is 14.9. The van der Waals surface area contributed by atoms with Gasteiger partial charge in [0.15, 0.2) is 0 Å². The lowest BCUT2D eigenvalue weighted by Crippen LogP contribution is -2.29. The molecular formula is C18H25N3O2. The Hall–Kier alpha value is -2.06. The third-order valence-electron chi connectivity index (χ3n) is 3.90. The van der Waals surface area contributed by atoms with E-state index in [0.717, 1.165) is 18.7 Å². The van der Waals surface area contributed by atoms with E-state index < -0.39 is 0 Å². The monoisotopic (exact) mass is 315 g/mol. The average Bonchev–Trinajstić information content (AvgIpc) is 2.56. The fourth-order valence-corrected chi connectivity index (χ4v) is 2.73. The summed E-state index contributed by atoms with van der Waals surface area (Å²) < 4.78 is 5.74. The average molecular weight is 315 g/mol. The minimum absolute atomic E-state index is 0.0839. The molecule has 0 aromatic heterocycles. The number of rotatable bonds is 8. The van der Waals surface area contributed by atoms with Gasteiger partial charge in [-0.25, -0.2) is 0 Å². The van der Waals surface area contributed by atoms with Crippen molar-refractivity contribution in [2.75, 3.05) is 26.2 Å². The first-order chi connectivity index (χ1) is 11.3. The van der Waals surface area contributed by atoms with Crippen LogP contribution in [0.5, 0.6) is 5.75 Å². The first-order valence-corrected chi connectivity index (χ1v) is 8.35. The van der Waals surface area contributed by atoms with Crippen LogP contribution in [0.4, 0.5) is 0 Å². The molecule has 0 radical (unpaired) electrons. The van der Waals surface area contributed by atoms with Crippen molar-refractivity contribution in [2.45, 2.75) is 38.6 Å². The van der Waals surface area contributed by atoms with Gasteiger partial charge in [0.1, 0.15) is 12.2 Å². The highest BCUT2D eigenvalue weighted by Crippen LogP contribution is 2.17. The zero-order valence-corrected chi connectivity index (χ0v) is 13.6. The number of nitrogens with zero attached hydrogens (tertiary/aromatic N) is 2. The van der Waals surface area contributed by atoms with Crippen LogP contribution in [0.15, 0.2) is 24.3 Å². The maximum atomic E-state index is 11.1. The van der Waals surface area contributed by atoms with Crippen molar-refractivity contribution in [3.63, 3.8) is 0 Å². The fraction of sp³-hybridized carbons (Fsp3) is 0.556. The second-order valence-corrected chi connectivity index (χ2v) is 5.87. The number of ether oxygens (including phenoxy) is 1. The molecule has 1 fully saturated rings. The topological polar surface area (TPSA) is 65.4 Å². The molecule has 0 spiro atoms. The van der Waals surface area contributed by atoms with E-state index >= 15 is 0 Å².